The number of ketones is 1. The second-order valence-corrected chi connectivity index (χ2v) is 4.96. The Morgan fingerprint density at radius 2 is 1.77 bits per heavy atom. The Bertz CT molecular complexity index is 302. The predicted molar refractivity (Wildman–Crippen MR) is 64.6 cm³/mol. The van der Waals surface area contributed by atoms with Crippen molar-refractivity contribution in [2.24, 2.45) is 0 Å². The summed E-state index contributed by atoms with van der Waals surface area (Å²) in [5.41, 5.74) is 0.724. The quantitative estimate of drug-likeness (QED) is 0.576. The first-order chi connectivity index (χ1) is 6.16. The summed E-state index contributed by atoms with van der Waals surface area (Å²) in [5, 5.41) is 0.694. The van der Waals surface area contributed by atoms with Crippen molar-refractivity contribution in [3.05, 3.63) is 32.7 Å². The first-order valence-corrected chi connectivity index (χ1v) is 6.40. The Hall–Kier alpha value is 0.330. The highest BCUT2D eigenvalue weighted by Gasteiger charge is 2.12. The van der Waals surface area contributed by atoms with Gasteiger partial charge in [0.1, 0.15) is 0 Å². The van der Waals surface area contributed by atoms with Crippen LogP contribution in [0, 0.1) is 0 Å². The lowest BCUT2D eigenvalue weighted by Gasteiger charge is -2.04. The molecule has 0 aliphatic heterocycles. The van der Waals surface area contributed by atoms with E-state index in [0.29, 0.717) is 11.8 Å². The SMILES string of the molecule is O=C(CCBr)c1c(Br)cccc1Br. The molecule has 1 aromatic carbocycles. The molecular formula is C9H7Br3O. The predicted octanol–water partition coefficient (Wildman–Crippen LogP) is 4.18. The van der Waals surface area contributed by atoms with E-state index < -0.39 is 0 Å². The Morgan fingerprint density at radius 3 is 2.23 bits per heavy atom. The standard InChI is InChI=1S/C9H7Br3O/c10-5-4-8(13)9-6(11)2-1-3-7(9)12/h1-3H,4-5H2. The fourth-order valence-corrected chi connectivity index (χ4v) is 2.78. The van der Waals surface area contributed by atoms with E-state index in [1.165, 1.54) is 0 Å². The Morgan fingerprint density at radius 1 is 1.23 bits per heavy atom. The molecule has 0 aromatic heterocycles. The molecule has 0 atom stereocenters. The average Bonchev–Trinajstić information content (AvgIpc) is 2.04. The van der Waals surface area contributed by atoms with E-state index in [-0.39, 0.29) is 5.78 Å². The molecule has 0 spiro atoms. The molecule has 0 saturated carbocycles. The van der Waals surface area contributed by atoms with E-state index in [2.05, 4.69) is 47.8 Å². The van der Waals surface area contributed by atoms with Crippen molar-refractivity contribution in [3.8, 4) is 0 Å². The molecule has 0 aliphatic rings. The zero-order valence-electron chi connectivity index (χ0n) is 6.69. The van der Waals surface area contributed by atoms with Crippen LogP contribution in [-0.4, -0.2) is 11.1 Å². The lowest BCUT2D eigenvalue weighted by atomic mass is 10.1. The highest BCUT2D eigenvalue weighted by Crippen LogP contribution is 2.26. The van der Waals surface area contributed by atoms with Crippen molar-refractivity contribution < 1.29 is 4.79 Å². The van der Waals surface area contributed by atoms with Gasteiger partial charge in [0.25, 0.3) is 0 Å². The third-order valence-corrected chi connectivity index (χ3v) is 3.28. The normalized spacial score (nSPS) is 10.1. The zero-order valence-corrected chi connectivity index (χ0v) is 11.4. The molecule has 0 fully saturated rings. The van der Waals surface area contributed by atoms with Gasteiger partial charge < -0.3 is 0 Å². The van der Waals surface area contributed by atoms with Crippen molar-refractivity contribution in [2.45, 2.75) is 6.42 Å². The van der Waals surface area contributed by atoms with Crippen LogP contribution >= 0.6 is 47.8 Å². The van der Waals surface area contributed by atoms with Crippen molar-refractivity contribution >= 4 is 53.6 Å². The van der Waals surface area contributed by atoms with E-state index in [0.717, 1.165) is 14.5 Å². The van der Waals surface area contributed by atoms with Crippen molar-refractivity contribution in [1.82, 2.24) is 0 Å². The molecule has 0 amide bonds. The Kier molecular flexibility index (Phi) is 4.62. The van der Waals surface area contributed by atoms with Crippen LogP contribution in [0.5, 0.6) is 0 Å². The molecule has 1 nitrogen and oxygen atoms in total. The topological polar surface area (TPSA) is 17.1 Å². The summed E-state index contributed by atoms with van der Waals surface area (Å²) < 4.78 is 1.68. The van der Waals surface area contributed by atoms with Gasteiger partial charge in [-0.1, -0.05) is 53.9 Å². The largest absolute Gasteiger partial charge is 0.294 e. The molecule has 70 valence electrons. The third kappa shape index (κ3) is 2.89. The van der Waals surface area contributed by atoms with Gasteiger partial charge in [0.15, 0.2) is 5.78 Å². The molecule has 1 rings (SSSR count). The fraction of sp³-hybridized carbons (Fsp3) is 0.222. The van der Waals surface area contributed by atoms with Crippen LogP contribution in [0.3, 0.4) is 0 Å². The lowest BCUT2D eigenvalue weighted by molar-refractivity contribution is 0.0988. The average molecular weight is 371 g/mol. The third-order valence-electron chi connectivity index (χ3n) is 1.56. The molecule has 0 N–H and O–H groups in total. The summed E-state index contributed by atoms with van der Waals surface area (Å²) in [7, 11) is 0. The Balaban J connectivity index is 3.05. The molecule has 0 heterocycles. The monoisotopic (exact) mass is 368 g/mol. The van der Waals surface area contributed by atoms with E-state index in [1.807, 2.05) is 18.2 Å². The van der Waals surface area contributed by atoms with Crippen LogP contribution in [0.4, 0.5) is 0 Å². The number of halogens is 3. The minimum atomic E-state index is 0.135. The number of Topliss-reactive ketones (excluding diaryl/α,β-unsaturated/α-hetero) is 1. The highest BCUT2D eigenvalue weighted by molar-refractivity contribution is 9.11. The first-order valence-electron chi connectivity index (χ1n) is 3.70. The lowest BCUT2D eigenvalue weighted by Crippen LogP contribution is -2.01. The fourth-order valence-electron chi connectivity index (χ4n) is 0.975. The summed E-state index contributed by atoms with van der Waals surface area (Å²) in [6, 6.07) is 5.62. The van der Waals surface area contributed by atoms with E-state index in [9.17, 15) is 4.79 Å². The molecule has 0 saturated heterocycles. The smallest absolute Gasteiger partial charge is 0.165 e. The number of hydrogen-bond acceptors (Lipinski definition) is 1. The van der Waals surface area contributed by atoms with Gasteiger partial charge in [-0.3, -0.25) is 4.79 Å². The van der Waals surface area contributed by atoms with Crippen LogP contribution in [0.25, 0.3) is 0 Å². The van der Waals surface area contributed by atoms with E-state index in [4.69, 9.17) is 0 Å². The summed E-state index contributed by atoms with van der Waals surface area (Å²) in [6.07, 6.45) is 0.515. The summed E-state index contributed by atoms with van der Waals surface area (Å²) >= 11 is 9.95. The molecule has 0 radical (unpaired) electrons. The number of rotatable bonds is 3. The zero-order chi connectivity index (χ0) is 9.84. The molecule has 1 aromatic rings. The minimum Gasteiger partial charge on any atom is -0.294 e. The van der Waals surface area contributed by atoms with Gasteiger partial charge in [-0.25, -0.2) is 0 Å². The van der Waals surface area contributed by atoms with Crippen LogP contribution in [0.2, 0.25) is 0 Å². The number of hydrogen-bond donors (Lipinski definition) is 0. The van der Waals surface area contributed by atoms with Crippen LogP contribution < -0.4 is 0 Å². The molecule has 0 bridgehead atoms. The van der Waals surface area contributed by atoms with E-state index in [1.54, 1.807) is 0 Å². The van der Waals surface area contributed by atoms with E-state index >= 15 is 0 Å². The maximum Gasteiger partial charge on any atom is 0.165 e. The summed E-state index contributed by atoms with van der Waals surface area (Å²) in [6.45, 7) is 0. The maximum atomic E-state index is 11.6. The molecule has 0 aliphatic carbocycles. The van der Waals surface area contributed by atoms with Gasteiger partial charge in [0, 0.05) is 26.3 Å². The van der Waals surface area contributed by atoms with Crippen molar-refractivity contribution in [2.75, 3.05) is 5.33 Å². The summed E-state index contributed by atoms with van der Waals surface area (Å²) in [5.74, 6) is 0.135. The van der Waals surface area contributed by atoms with Gasteiger partial charge in [-0.2, -0.15) is 0 Å². The number of carbonyl (C=O) groups is 1. The molecular weight excluding hydrogens is 364 g/mol. The first kappa shape index (κ1) is 11.4. The van der Waals surface area contributed by atoms with Crippen molar-refractivity contribution in [1.29, 1.82) is 0 Å². The number of alkyl halides is 1. The number of benzene rings is 1. The number of carbonyl (C=O) groups excluding carboxylic acids is 1. The maximum absolute atomic E-state index is 11.6. The molecule has 4 heteroatoms. The highest BCUT2D eigenvalue weighted by atomic mass is 79.9. The van der Waals surface area contributed by atoms with Crippen molar-refractivity contribution in [3.63, 3.8) is 0 Å². The minimum absolute atomic E-state index is 0.135. The molecule has 13 heavy (non-hydrogen) atoms. The second kappa shape index (κ2) is 5.27. The van der Waals surface area contributed by atoms with Gasteiger partial charge in [0.05, 0.1) is 0 Å². The van der Waals surface area contributed by atoms with Crippen LogP contribution in [0.1, 0.15) is 16.8 Å². The second-order valence-electron chi connectivity index (χ2n) is 2.46. The summed E-state index contributed by atoms with van der Waals surface area (Å²) in [4.78, 5) is 11.6. The van der Waals surface area contributed by atoms with Gasteiger partial charge in [0.2, 0.25) is 0 Å². The van der Waals surface area contributed by atoms with Gasteiger partial charge in [-0.15, -0.1) is 0 Å². The molecule has 0 unspecified atom stereocenters. The van der Waals surface area contributed by atoms with Crippen LogP contribution in [-0.2, 0) is 0 Å². The van der Waals surface area contributed by atoms with Gasteiger partial charge >= 0.3 is 0 Å². The van der Waals surface area contributed by atoms with Crippen LogP contribution in [0.15, 0.2) is 27.1 Å². The van der Waals surface area contributed by atoms with Gasteiger partial charge in [-0.05, 0) is 12.1 Å². The Labute approximate surface area is 102 Å².